The van der Waals surface area contributed by atoms with Crippen molar-refractivity contribution in [1.29, 1.82) is 0 Å². The third kappa shape index (κ3) is 7.31. The topological polar surface area (TPSA) is 128 Å². The van der Waals surface area contributed by atoms with Gasteiger partial charge in [-0.05, 0) is 38.1 Å². The Balaban J connectivity index is 2.21. The van der Waals surface area contributed by atoms with Crippen LogP contribution in [0.25, 0.3) is 0 Å². The Morgan fingerprint density at radius 3 is 1.62 bits per heavy atom. The summed E-state index contributed by atoms with van der Waals surface area (Å²) in [4.78, 5) is 36.6. The first kappa shape index (κ1) is 31.8. The van der Waals surface area contributed by atoms with Gasteiger partial charge in [-0.25, -0.2) is 9.97 Å². The minimum atomic E-state index is -1.48. The predicted octanol–water partition coefficient (Wildman–Crippen LogP) is 3.94. The van der Waals surface area contributed by atoms with Crippen molar-refractivity contribution in [3.8, 4) is 28.7 Å². The van der Waals surface area contributed by atoms with Crippen LogP contribution in [0.3, 0.4) is 0 Å². The Bertz CT molecular complexity index is 1290. The van der Waals surface area contributed by atoms with Gasteiger partial charge in [0.1, 0.15) is 35.0 Å². The zero-order valence-electron chi connectivity index (χ0n) is 25.0. The Morgan fingerprint density at radius 2 is 1.21 bits per heavy atom. The van der Waals surface area contributed by atoms with Gasteiger partial charge in [-0.3, -0.25) is 9.59 Å². The maximum Gasteiger partial charge on any atom is 0.326 e. The van der Waals surface area contributed by atoms with Gasteiger partial charge in [-0.2, -0.15) is 0 Å². The van der Waals surface area contributed by atoms with Crippen LogP contribution in [-0.4, -0.2) is 70.7 Å². The predicted molar refractivity (Wildman–Crippen MR) is 154 cm³/mol. The molecule has 0 N–H and O–H groups in total. The molecule has 0 radical (unpaired) electrons. The fourth-order valence-electron chi connectivity index (χ4n) is 4.36. The molecule has 0 spiro atoms. The van der Waals surface area contributed by atoms with Gasteiger partial charge in [0.05, 0.1) is 48.8 Å². The van der Waals surface area contributed by atoms with Crippen molar-refractivity contribution in [3.05, 3.63) is 59.5 Å². The van der Waals surface area contributed by atoms with Gasteiger partial charge in [0.25, 0.3) is 0 Å². The molecule has 1 aromatic heterocycles. The molecule has 3 rings (SSSR count). The lowest BCUT2D eigenvalue weighted by Gasteiger charge is -2.28. The molecule has 0 amide bonds. The van der Waals surface area contributed by atoms with Crippen LogP contribution in [0.1, 0.15) is 36.6 Å². The number of aromatic nitrogens is 2. The van der Waals surface area contributed by atoms with Crippen molar-refractivity contribution >= 4 is 17.8 Å². The van der Waals surface area contributed by atoms with E-state index in [4.69, 9.17) is 33.2 Å². The molecule has 0 bridgehead atoms. The summed E-state index contributed by atoms with van der Waals surface area (Å²) in [5.74, 6) is -0.219. The molecular formula is C30H37N3O9. The number of esters is 2. The summed E-state index contributed by atoms with van der Waals surface area (Å²) in [7, 11) is 7.71. The number of benzene rings is 2. The van der Waals surface area contributed by atoms with E-state index in [0.717, 1.165) is 11.1 Å². The van der Waals surface area contributed by atoms with Gasteiger partial charge in [0.15, 0.2) is 17.5 Å². The maximum atomic E-state index is 13.0. The fraction of sp³-hybridized carbons (Fsp3) is 0.400. The summed E-state index contributed by atoms with van der Waals surface area (Å²) in [5.41, 5.74) is 1.63. The zero-order valence-corrected chi connectivity index (χ0v) is 25.0. The molecule has 3 aromatic rings. The van der Waals surface area contributed by atoms with E-state index < -0.39 is 17.9 Å². The highest BCUT2D eigenvalue weighted by Gasteiger charge is 2.37. The second-order valence-electron chi connectivity index (χ2n) is 8.76. The third-order valence-corrected chi connectivity index (χ3v) is 6.35. The lowest BCUT2D eigenvalue weighted by molar-refractivity contribution is -0.157. The van der Waals surface area contributed by atoms with Crippen molar-refractivity contribution in [2.45, 2.75) is 32.9 Å². The molecule has 0 unspecified atom stereocenters. The smallest absolute Gasteiger partial charge is 0.326 e. The van der Waals surface area contributed by atoms with Crippen LogP contribution in [0.4, 0.5) is 5.82 Å². The zero-order chi connectivity index (χ0) is 30.6. The molecule has 0 aliphatic rings. The standard InChI is InChI=1S/C30H37N3O9/c1-8-41-29(34)25(30(35)42-9-2)26-27(40-7)28(32-18-31-26)33(16-19-10-12-21(36-3)14-23(19)38-5)17-20-11-13-22(37-4)15-24(20)39-6/h10-15,18,25H,8-9,16-17H2,1-7H3. The van der Waals surface area contributed by atoms with Crippen LogP contribution in [0.15, 0.2) is 42.7 Å². The summed E-state index contributed by atoms with van der Waals surface area (Å²) in [6.45, 7) is 3.98. The van der Waals surface area contributed by atoms with Crippen molar-refractivity contribution in [2.24, 2.45) is 0 Å². The SMILES string of the molecule is CCOC(=O)C(C(=O)OCC)c1ncnc(N(Cc2ccc(OC)cc2OC)Cc2ccc(OC)cc2OC)c1OC. The molecule has 12 heteroatoms. The minimum Gasteiger partial charge on any atom is -0.497 e. The number of anilines is 1. The first-order valence-electron chi connectivity index (χ1n) is 13.2. The summed E-state index contributed by atoms with van der Waals surface area (Å²) in [6, 6.07) is 11.0. The highest BCUT2D eigenvalue weighted by atomic mass is 16.6. The highest BCUT2D eigenvalue weighted by molar-refractivity contribution is 6.01. The van der Waals surface area contributed by atoms with Crippen LogP contribution >= 0.6 is 0 Å². The molecule has 0 aliphatic carbocycles. The average Bonchev–Trinajstić information content (AvgIpc) is 3.01. The Kier molecular flexibility index (Phi) is 11.6. The molecule has 0 atom stereocenters. The summed E-state index contributed by atoms with van der Waals surface area (Å²) in [6.07, 6.45) is 1.27. The van der Waals surface area contributed by atoms with Gasteiger partial charge < -0.3 is 38.1 Å². The number of hydrogen-bond donors (Lipinski definition) is 0. The second-order valence-corrected chi connectivity index (χ2v) is 8.76. The molecule has 12 nitrogen and oxygen atoms in total. The Morgan fingerprint density at radius 1 is 0.714 bits per heavy atom. The van der Waals surface area contributed by atoms with E-state index in [1.807, 2.05) is 29.2 Å². The first-order chi connectivity index (χ1) is 20.3. The molecule has 1 heterocycles. The molecule has 0 saturated carbocycles. The van der Waals surface area contributed by atoms with E-state index in [2.05, 4.69) is 9.97 Å². The third-order valence-electron chi connectivity index (χ3n) is 6.35. The largest absolute Gasteiger partial charge is 0.497 e. The van der Waals surface area contributed by atoms with Crippen LogP contribution < -0.4 is 28.6 Å². The molecule has 0 saturated heterocycles. The average molecular weight is 584 g/mol. The summed E-state index contributed by atoms with van der Waals surface area (Å²) < 4.78 is 38.2. The monoisotopic (exact) mass is 583 g/mol. The minimum absolute atomic E-state index is 0.0211. The molecule has 2 aromatic carbocycles. The molecule has 226 valence electrons. The Hall–Kier alpha value is -4.74. The van der Waals surface area contributed by atoms with Crippen molar-refractivity contribution in [1.82, 2.24) is 9.97 Å². The van der Waals surface area contributed by atoms with Gasteiger partial charge >= 0.3 is 11.9 Å². The van der Waals surface area contributed by atoms with E-state index in [1.54, 1.807) is 54.4 Å². The van der Waals surface area contributed by atoms with Crippen LogP contribution in [0.5, 0.6) is 28.7 Å². The lowest BCUT2D eigenvalue weighted by atomic mass is 10.0. The molecular weight excluding hydrogens is 546 g/mol. The molecule has 0 aliphatic heterocycles. The van der Waals surface area contributed by atoms with E-state index in [9.17, 15) is 9.59 Å². The number of carbonyl (C=O) groups is 2. The number of ether oxygens (including phenoxy) is 7. The highest BCUT2D eigenvalue weighted by Crippen LogP contribution is 2.38. The van der Waals surface area contributed by atoms with Gasteiger partial charge in [0.2, 0.25) is 0 Å². The van der Waals surface area contributed by atoms with Gasteiger partial charge in [-0.1, -0.05) is 0 Å². The van der Waals surface area contributed by atoms with E-state index >= 15 is 0 Å². The number of nitrogens with zero attached hydrogens (tertiary/aromatic N) is 3. The Labute approximate surface area is 245 Å². The summed E-state index contributed by atoms with van der Waals surface area (Å²) in [5, 5.41) is 0. The maximum absolute atomic E-state index is 13.0. The van der Waals surface area contributed by atoms with Crippen LogP contribution in [0.2, 0.25) is 0 Å². The van der Waals surface area contributed by atoms with Gasteiger partial charge in [-0.15, -0.1) is 0 Å². The fourth-order valence-corrected chi connectivity index (χ4v) is 4.36. The first-order valence-corrected chi connectivity index (χ1v) is 13.2. The van der Waals surface area contributed by atoms with E-state index in [-0.39, 0.29) is 37.7 Å². The molecule has 42 heavy (non-hydrogen) atoms. The number of carbonyl (C=O) groups excluding carboxylic acids is 2. The molecule has 0 fully saturated rings. The normalized spacial score (nSPS) is 10.6. The summed E-state index contributed by atoms with van der Waals surface area (Å²) >= 11 is 0. The van der Waals surface area contributed by atoms with Crippen molar-refractivity contribution in [3.63, 3.8) is 0 Å². The van der Waals surface area contributed by atoms with Crippen molar-refractivity contribution < 1.29 is 42.7 Å². The van der Waals surface area contributed by atoms with Crippen molar-refractivity contribution in [2.75, 3.05) is 53.7 Å². The second kappa shape index (κ2) is 15.3. The van der Waals surface area contributed by atoms with Crippen LogP contribution in [0, 0.1) is 0 Å². The number of rotatable bonds is 15. The van der Waals surface area contributed by atoms with Crippen LogP contribution in [-0.2, 0) is 32.2 Å². The number of hydrogen-bond acceptors (Lipinski definition) is 12. The number of methoxy groups -OCH3 is 5. The van der Waals surface area contributed by atoms with Gasteiger partial charge in [0, 0.05) is 36.3 Å². The van der Waals surface area contributed by atoms with E-state index in [0.29, 0.717) is 28.8 Å². The van der Waals surface area contributed by atoms with E-state index in [1.165, 1.54) is 13.4 Å². The quantitative estimate of drug-likeness (QED) is 0.190. The lowest BCUT2D eigenvalue weighted by Crippen LogP contribution is -2.29.